The van der Waals surface area contributed by atoms with Crippen molar-refractivity contribution >= 4 is 0 Å². The summed E-state index contributed by atoms with van der Waals surface area (Å²) < 4.78 is 12.7. The van der Waals surface area contributed by atoms with Crippen LogP contribution in [0.2, 0.25) is 0 Å². The number of hydrogen-bond acceptors (Lipinski definition) is 1. The minimum absolute atomic E-state index is 0.186. The summed E-state index contributed by atoms with van der Waals surface area (Å²) in [5.74, 6) is -0.186. The Morgan fingerprint density at radius 3 is 1.72 bits per heavy atom. The Kier molecular flexibility index (Phi) is 4.48. The molecule has 94 valence electrons. The van der Waals surface area contributed by atoms with E-state index in [4.69, 9.17) is 0 Å². The first-order valence-electron chi connectivity index (χ1n) is 6.31. The van der Waals surface area contributed by atoms with E-state index in [2.05, 4.69) is 36.5 Å². The van der Waals surface area contributed by atoms with Gasteiger partial charge in [-0.1, -0.05) is 43.3 Å². The molecule has 0 unspecified atom stereocenters. The normalized spacial score (nSPS) is 10.6. The lowest BCUT2D eigenvalue weighted by Gasteiger charge is -2.06. The van der Waals surface area contributed by atoms with Crippen LogP contribution in [0.1, 0.15) is 23.6 Å². The minimum atomic E-state index is -0.186. The number of nitrogens with one attached hydrogen (secondary N) is 1. The van der Waals surface area contributed by atoms with Gasteiger partial charge in [0.05, 0.1) is 0 Å². The summed E-state index contributed by atoms with van der Waals surface area (Å²) in [4.78, 5) is 0. The van der Waals surface area contributed by atoms with Crippen molar-refractivity contribution in [2.24, 2.45) is 0 Å². The van der Waals surface area contributed by atoms with E-state index in [1.165, 1.54) is 23.3 Å². The second-order valence-corrected chi connectivity index (χ2v) is 4.40. The Labute approximate surface area is 108 Å². The summed E-state index contributed by atoms with van der Waals surface area (Å²) in [6.07, 6.45) is 1.07. The molecule has 0 bridgehead atoms. The fraction of sp³-hybridized carbons (Fsp3) is 0.250. The highest BCUT2D eigenvalue weighted by atomic mass is 19.1. The summed E-state index contributed by atoms with van der Waals surface area (Å²) >= 11 is 0. The Bertz CT molecular complexity index is 473. The van der Waals surface area contributed by atoms with Gasteiger partial charge in [-0.2, -0.15) is 0 Å². The van der Waals surface area contributed by atoms with Crippen LogP contribution in [0.15, 0.2) is 48.5 Å². The lowest BCUT2D eigenvalue weighted by molar-refractivity contribution is 0.625. The molecule has 2 heteroatoms. The van der Waals surface area contributed by atoms with E-state index in [0.717, 1.165) is 25.1 Å². The SMILES string of the molecule is CCc1ccc(CNCc2ccc(F)cc2)cc1. The number of rotatable bonds is 5. The molecule has 0 fully saturated rings. The molecule has 1 N–H and O–H groups in total. The zero-order valence-electron chi connectivity index (χ0n) is 10.6. The van der Waals surface area contributed by atoms with Crippen molar-refractivity contribution in [1.29, 1.82) is 0 Å². The molecule has 0 aliphatic carbocycles. The summed E-state index contributed by atoms with van der Waals surface area (Å²) in [6, 6.07) is 15.2. The summed E-state index contributed by atoms with van der Waals surface area (Å²) in [7, 11) is 0. The maximum absolute atomic E-state index is 12.7. The van der Waals surface area contributed by atoms with E-state index in [-0.39, 0.29) is 5.82 Å². The molecule has 0 atom stereocenters. The lowest BCUT2D eigenvalue weighted by Crippen LogP contribution is -2.12. The lowest BCUT2D eigenvalue weighted by atomic mass is 10.1. The second-order valence-electron chi connectivity index (χ2n) is 4.40. The Morgan fingerprint density at radius 1 is 0.778 bits per heavy atom. The van der Waals surface area contributed by atoms with Gasteiger partial charge in [0.1, 0.15) is 5.82 Å². The third kappa shape index (κ3) is 3.67. The third-order valence-corrected chi connectivity index (χ3v) is 3.00. The molecular weight excluding hydrogens is 225 g/mol. The number of benzene rings is 2. The highest BCUT2D eigenvalue weighted by Gasteiger charge is 1.96. The molecule has 2 aromatic carbocycles. The van der Waals surface area contributed by atoms with Crippen molar-refractivity contribution in [3.05, 3.63) is 71.0 Å². The van der Waals surface area contributed by atoms with Gasteiger partial charge in [0.25, 0.3) is 0 Å². The molecule has 0 heterocycles. The van der Waals surface area contributed by atoms with Crippen LogP contribution in [-0.4, -0.2) is 0 Å². The van der Waals surface area contributed by atoms with Gasteiger partial charge in [-0.05, 0) is 35.2 Å². The van der Waals surface area contributed by atoms with Crippen LogP contribution in [0.5, 0.6) is 0 Å². The first-order valence-corrected chi connectivity index (χ1v) is 6.31. The molecule has 0 saturated carbocycles. The van der Waals surface area contributed by atoms with Crippen molar-refractivity contribution in [3.63, 3.8) is 0 Å². The quantitative estimate of drug-likeness (QED) is 0.844. The molecule has 0 aliphatic heterocycles. The van der Waals surface area contributed by atoms with Gasteiger partial charge >= 0.3 is 0 Å². The van der Waals surface area contributed by atoms with Gasteiger partial charge in [0, 0.05) is 13.1 Å². The van der Waals surface area contributed by atoms with E-state index in [9.17, 15) is 4.39 Å². The Hall–Kier alpha value is -1.67. The molecule has 2 aromatic rings. The molecule has 0 radical (unpaired) electrons. The van der Waals surface area contributed by atoms with E-state index in [1.807, 2.05) is 12.1 Å². The maximum Gasteiger partial charge on any atom is 0.123 e. The van der Waals surface area contributed by atoms with Crippen molar-refractivity contribution in [2.75, 3.05) is 0 Å². The minimum Gasteiger partial charge on any atom is -0.309 e. The molecule has 2 rings (SSSR count). The Morgan fingerprint density at radius 2 is 1.22 bits per heavy atom. The zero-order chi connectivity index (χ0) is 12.8. The highest BCUT2D eigenvalue weighted by Crippen LogP contribution is 2.06. The van der Waals surface area contributed by atoms with Gasteiger partial charge in [-0.3, -0.25) is 0 Å². The van der Waals surface area contributed by atoms with Crippen LogP contribution in [-0.2, 0) is 19.5 Å². The third-order valence-electron chi connectivity index (χ3n) is 3.00. The van der Waals surface area contributed by atoms with Crippen molar-refractivity contribution in [2.45, 2.75) is 26.4 Å². The van der Waals surface area contributed by atoms with Crippen LogP contribution < -0.4 is 5.32 Å². The predicted octanol–water partition coefficient (Wildman–Crippen LogP) is 3.68. The second kappa shape index (κ2) is 6.31. The van der Waals surface area contributed by atoms with Gasteiger partial charge in [0.15, 0.2) is 0 Å². The fourth-order valence-electron chi connectivity index (χ4n) is 1.85. The van der Waals surface area contributed by atoms with Gasteiger partial charge in [-0.25, -0.2) is 4.39 Å². The van der Waals surface area contributed by atoms with Crippen molar-refractivity contribution < 1.29 is 4.39 Å². The number of aryl methyl sites for hydroxylation is 1. The average molecular weight is 243 g/mol. The van der Waals surface area contributed by atoms with Gasteiger partial charge in [-0.15, -0.1) is 0 Å². The monoisotopic (exact) mass is 243 g/mol. The van der Waals surface area contributed by atoms with Gasteiger partial charge in [0.2, 0.25) is 0 Å². The highest BCUT2D eigenvalue weighted by molar-refractivity contribution is 5.22. The molecule has 0 amide bonds. The van der Waals surface area contributed by atoms with Crippen molar-refractivity contribution in [3.8, 4) is 0 Å². The van der Waals surface area contributed by atoms with Crippen LogP contribution in [0.4, 0.5) is 4.39 Å². The van der Waals surface area contributed by atoms with Crippen LogP contribution in [0, 0.1) is 5.82 Å². The van der Waals surface area contributed by atoms with E-state index in [0.29, 0.717) is 0 Å². The maximum atomic E-state index is 12.7. The zero-order valence-corrected chi connectivity index (χ0v) is 10.6. The van der Waals surface area contributed by atoms with Crippen LogP contribution in [0.3, 0.4) is 0 Å². The largest absolute Gasteiger partial charge is 0.309 e. The number of hydrogen-bond donors (Lipinski definition) is 1. The van der Waals surface area contributed by atoms with Gasteiger partial charge < -0.3 is 5.32 Å². The van der Waals surface area contributed by atoms with Crippen LogP contribution in [0.25, 0.3) is 0 Å². The standard InChI is InChI=1S/C16H18FN/c1-2-13-3-5-14(6-4-13)11-18-12-15-7-9-16(17)10-8-15/h3-10,18H,2,11-12H2,1H3. The first kappa shape index (κ1) is 12.8. The molecule has 1 nitrogen and oxygen atoms in total. The molecule has 0 saturated heterocycles. The molecule has 0 aromatic heterocycles. The molecule has 18 heavy (non-hydrogen) atoms. The topological polar surface area (TPSA) is 12.0 Å². The smallest absolute Gasteiger partial charge is 0.123 e. The first-order chi connectivity index (χ1) is 8.78. The van der Waals surface area contributed by atoms with Crippen LogP contribution >= 0.6 is 0 Å². The fourth-order valence-corrected chi connectivity index (χ4v) is 1.85. The average Bonchev–Trinajstić information content (AvgIpc) is 2.42. The molecule has 0 spiro atoms. The van der Waals surface area contributed by atoms with E-state index < -0.39 is 0 Å². The molecular formula is C16H18FN. The summed E-state index contributed by atoms with van der Waals surface area (Å²) in [6.45, 7) is 3.75. The summed E-state index contributed by atoms with van der Waals surface area (Å²) in [5, 5.41) is 3.35. The van der Waals surface area contributed by atoms with E-state index >= 15 is 0 Å². The number of halogens is 1. The molecule has 0 aliphatic rings. The predicted molar refractivity (Wildman–Crippen MR) is 72.8 cm³/mol. The summed E-state index contributed by atoms with van der Waals surface area (Å²) in [5.41, 5.74) is 3.73. The van der Waals surface area contributed by atoms with Crippen molar-refractivity contribution in [1.82, 2.24) is 5.32 Å². The van der Waals surface area contributed by atoms with E-state index in [1.54, 1.807) is 0 Å². The Balaban J connectivity index is 1.82.